The molecule has 2 rings (SSSR count). The number of nitrogens with zero attached hydrogens (tertiary/aromatic N) is 2. The highest BCUT2D eigenvalue weighted by atomic mass is 35.5. The lowest BCUT2D eigenvalue weighted by Gasteiger charge is -2.21. The largest absolute Gasteiger partial charge is 0.375 e. The van der Waals surface area contributed by atoms with Crippen LogP contribution in [0.3, 0.4) is 0 Å². The zero-order valence-corrected chi connectivity index (χ0v) is 16.3. The molecule has 0 aliphatic heterocycles. The number of carbonyl (C=O) groups excluding carboxylic acids is 1. The summed E-state index contributed by atoms with van der Waals surface area (Å²) in [5.74, 6) is 0. The monoisotopic (exact) mass is 384 g/mol. The first kappa shape index (κ1) is 23.2. The molecule has 0 fully saturated rings. The summed E-state index contributed by atoms with van der Waals surface area (Å²) < 4.78 is 0. The number of halogens is 1. The molecule has 0 saturated heterocycles. The standard InChI is InChI=1S/C15H19ClN4OS.C2H6.CH4/c1-4-12(19-15(21)20(2)3)10-6-5-9(7-11(10)16)13-8-22-14(17)18-13;1-2;/h5-8,12H,4H2,1-3H3,(H2,17,18)(H,19,21);1-2H3;1H4. The molecule has 1 aromatic heterocycles. The Bertz CT molecular complexity index is 673. The Labute approximate surface area is 160 Å². The van der Waals surface area contributed by atoms with Gasteiger partial charge in [-0.15, -0.1) is 11.3 Å². The third-order valence-electron chi connectivity index (χ3n) is 3.31. The molecule has 0 aliphatic rings. The third-order valence-corrected chi connectivity index (χ3v) is 4.31. The number of anilines is 1. The summed E-state index contributed by atoms with van der Waals surface area (Å²) >= 11 is 7.79. The van der Waals surface area contributed by atoms with Crippen molar-refractivity contribution >= 4 is 34.1 Å². The molecule has 1 atom stereocenters. The van der Waals surface area contributed by atoms with Gasteiger partial charge in [0.25, 0.3) is 0 Å². The number of nitrogens with one attached hydrogen (secondary N) is 1. The Balaban J connectivity index is 0.00000185. The van der Waals surface area contributed by atoms with Crippen molar-refractivity contribution in [3.05, 3.63) is 34.2 Å². The van der Waals surface area contributed by atoms with Crippen molar-refractivity contribution in [3.63, 3.8) is 0 Å². The first-order valence-corrected chi connectivity index (χ1v) is 9.16. The Morgan fingerprint density at radius 1 is 1.40 bits per heavy atom. The predicted octanol–water partition coefficient (Wildman–Crippen LogP) is 5.43. The summed E-state index contributed by atoms with van der Waals surface area (Å²) in [6.07, 6.45) is 0.752. The van der Waals surface area contributed by atoms with Crippen LogP contribution in [0, 0.1) is 0 Å². The van der Waals surface area contributed by atoms with E-state index < -0.39 is 0 Å². The van der Waals surface area contributed by atoms with Crippen molar-refractivity contribution in [2.45, 2.75) is 40.7 Å². The number of hydrogen-bond donors (Lipinski definition) is 2. The highest BCUT2D eigenvalue weighted by molar-refractivity contribution is 7.13. The average Bonchev–Trinajstić information content (AvgIpc) is 3.01. The summed E-state index contributed by atoms with van der Waals surface area (Å²) in [4.78, 5) is 17.6. The van der Waals surface area contributed by atoms with Crippen LogP contribution in [0.2, 0.25) is 5.02 Å². The second-order valence-electron chi connectivity index (χ2n) is 5.11. The summed E-state index contributed by atoms with van der Waals surface area (Å²) in [6.45, 7) is 6.01. The van der Waals surface area contributed by atoms with Crippen LogP contribution >= 0.6 is 22.9 Å². The maximum Gasteiger partial charge on any atom is 0.317 e. The number of nitrogens with two attached hydrogens (primary N) is 1. The minimum atomic E-state index is -0.140. The van der Waals surface area contributed by atoms with Crippen molar-refractivity contribution in [1.82, 2.24) is 15.2 Å². The molecule has 5 nitrogen and oxygen atoms in total. The molecule has 0 radical (unpaired) electrons. The normalized spacial score (nSPS) is 10.8. The molecular formula is C18H29ClN4OS. The maximum absolute atomic E-state index is 11.8. The summed E-state index contributed by atoms with van der Waals surface area (Å²) in [6, 6.07) is 5.46. The van der Waals surface area contributed by atoms with Crippen LogP contribution in [-0.2, 0) is 0 Å². The number of urea groups is 1. The molecule has 0 bridgehead atoms. The molecule has 1 heterocycles. The zero-order valence-electron chi connectivity index (χ0n) is 14.8. The van der Waals surface area contributed by atoms with Gasteiger partial charge in [0.2, 0.25) is 0 Å². The van der Waals surface area contributed by atoms with Gasteiger partial charge < -0.3 is 16.0 Å². The van der Waals surface area contributed by atoms with E-state index in [0.717, 1.165) is 23.2 Å². The van der Waals surface area contributed by atoms with Crippen LogP contribution in [0.5, 0.6) is 0 Å². The fraction of sp³-hybridized carbons (Fsp3) is 0.444. The van der Waals surface area contributed by atoms with E-state index >= 15 is 0 Å². The molecule has 0 saturated carbocycles. The number of nitrogen functional groups attached to an aromatic ring is 1. The molecule has 25 heavy (non-hydrogen) atoms. The number of aromatic nitrogens is 1. The lowest BCUT2D eigenvalue weighted by molar-refractivity contribution is 0.213. The molecule has 1 unspecified atom stereocenters. The first-order chi connectivity index (χ1) is 11.4. The zero-order chi connectivity index (χ0) is 18.3. The van der Waals surface area contributed by atoms with Gasteiger partial charge in [-0.25, -0.2) is 9.78 Å². The van der Waals surface area contributed by atoms with Gasteiger partial charge in [-0.1, -0.05) is 51.9 Å². The van der Waals surface area contributed by atoms with E-state index in [1.54, 1.807) is 14.1 Å². The molecule has 3 N–H and O–H groups in total. The number of thiazole rings is 1. The minimum Gasteiger partial charge on any atom is -0.375 e. The van der Waals surface area contributed by atoms with Gasteiger partial charge in [0.05, 0.1) is 11.7 Å². The van der Waals surface area contributed by atoms with Gasteiger partial charge in [0.1, 0.15) is 0 Å². The molecule has 1 aromatic carbocycles. The highest BCUT2D eigenvalue weighted by Gasteiger charge is 2.17. The Morgan fingerprint density at radius 3 is 2.48 bits per heavy atom. The lowest BCUT2D eigenvalue weighted by atomic mass is 10.0. The summed E-state index contributed by atoms with van der Waals surface area (Å²) in [5.41, 5.74) is 8.27. The molecule has 2 amide bonds. The Morgan fingerprint density at radius 2 is 2.04 bits per heavy atom. The van der Waals surface area contributed by atoms with E-state index in [-0.39, 0.29) is 19.5 Å². The smallest absolute Gasteiger partial charge is 0.317 e. The fourth-order valence-electron chi connectivity index (χ4n) is 2.07. The van der Waals surface area contributed by atoms with Gasteiger partial charge in [-0.05, 0) is 18.1 Å². The van der Waals surface area contributed by atoms with E-state index in [9.17, 15) is 4.79 Å². The van der Waals surface area contributed by atoms with Gasteiger partial charge in [-0.3, -0.25) is 0 Å². The molecule has 140 valence electrons. The molecule has 0 aliphatic carbocycles. The lowest BCUT2D eigenvalue weighted by Crippen LogP contribution is -2.37. The predicted molar refractivity (Wildman–Crippen MR) is 110 cm³/mol. The number of carbonyl (C=O) groups is 1. The quantitative estimate of drug-likeness (QED) is 0.738. The van der Waals surface area contributed by atoms with Crippen LogP contribution in [0.25, 0.3) is 11.3 Å². The molecule has 7 heteroatoms. The van der Waals surface area contributed by atoms with E-state index in [1.807, 2.05) is 44.4 Å². The second-order valence-corrected chi connectivity index (χ2v) is 6.41. The number of hydrogen-bond acceptors (Lipinski definition) is 4. The average molecular weight is 385 g/mol. The summed E-state index contributed by atoms with van der Waals surface area (Å²) in [7, 11) is 3.42. The van der Waals surface area contributed by atoms with Crippen LogP contribution < -0.4 is 11.1 Å². The van der Waals surface area contributed by atoms with Gasteiger partial charge in [-0.2, -0.15) is 0 Å². The molecule has 2 aromatic rings. The van der Waals surface area contributed by atoms with Gasteiger partial charge in [0, 0.05) is 30.1 Å². The fourth-order valence-corrected chi connectivity index (χ4v) is 2.95. The van der Waals surface area contributed by atoms with Crippen molar-refractivity contribution in [3.8, 4) is 11.3 Å². The van der Waals surface area contributed by atoms with Crippen LogP contribution in [0.15, 0.2) is 23.6 Å². The first-order valence-electron chi connectivity index (χ1n) is 7.91. The number of benzene rings is 1. The van der Waals surface area contributed by atoms with E-state index in [4.69, 9.17) is 17.3 Å². The van der Waals surface area contributed by atoms with E-state index in [1.165, 1.54) is 16.2 Å². The van der Waals surface area contributed by atoms with Gasteiger partial charge >= 0.3 is 6.03 Å². The van der Waals surface area contributed by atoms with Gasteiger partial charge in [0.15, 0.2) is 5.13 Å². The highest BCUT2D eigenvalue weighted by Crippen LogP contribution is 2.31. The maximum atomic E-state index is 11.8. The molecular weight excluding hydrogens is 356 g/mol. The van der Waals surface area contributed by atoms with Crippen LogP contribution in [-0.4, -0.2) is 30.0 Å². The third kappa shape index (κ3) is 6.21. The van der Waals surface area contributed by atoms with Crippen molar-refractivity contribution in [2.24, 2.45) is 0 Å². The Kier molecular flexibility index (Phi) is 10.2. The van der Waals surface area contributed by atoms with Crippen molar-refractivity contribution < 1.29 is 4.79 Å². The Hall–Kier alpha value is -1.79. The van der Waals surface area contributed by atoms with Crippen molar-refractivity contribution in [1.29, 1.82) is 0 Å². The van der Waals surface area contributed by atoms with Crippen molar-refractivity contribution in [2.75, 3.05) is 19.8 Å². The van der Waals surface area contributed by atoms with Crippen LogP contribution in [0.1, 0.15) is 46.2 Å². The van der Waals surface area contributed by atoms with Crippen LogP contribution in [0.4, 0.5) is 9.93 Å². The molecule has 0 spiro atoms. The summed E-state index contributed by atoms with van der Waals surface area (Å²) in [5, 5.41) is 5.98. The SMILES string of the molecule is C.CC.CCC(NC(=O)N(C)C)c1ccc(-c2csc(N)n2)cc1Cl. The van der Waals surface area contributed by atoms with E-state index in [2.05, 4.69) is 10.3 Å². The number of amides is 2. The minimum absolute atomic E-state index is 0. The number of rotatable bonds is 4. The topological polar surface area (TPSA) is 71.2 Å². The second kappa shape index (κ2) is 10.9. The van der Waals surface area contributed by atoms with E-state index in [0.29, 0.717) is 10.2 Å².